The van der Waals surface area contributed by atoms with E-state index < -0.39 is 0 Å². The Morgan fingerprint density at radius 1 is 1.56 bits per heavy atom. The molecule has 6 heteroatoms. The van der Waals surface area contributed by atoms with Gasteiger partial charge in [-0.2, -0.15) is 0 Å². The van der Waals surface area contributed by atoms with Crippen LogP contribution in [0.3, 0.4) is 0 Å². The number of hydrogen-bond acceptors (Lipinski definition) is 5. The molecule has 4 nitrogen and oxygen atoms in total. The normalized spacial score (nSPS) is 13.2. The van der Waals surface area contributed by atoms with Gasteiger partial charge in [0.1, 0.15) is 5.76 Å². The van der Waals surface area contributed by atoms with Crippen molar-refractivity contribution >= 4 is 27.3 Å². The second kappa shape index (κ2) is 5.97. The number of nitrogens with two attached hydrogens (primary N) is 1. The van der Waals surface area contributed by atoms with Crippen molar-refractivity contribution in [2.24, 2.45) is 5.73 Å². The van der Waals surface area contributed by atoms with Crippen LogP contribution in [-0.2, 0) is 6.54 Å². The Hall–Kier alpha value is -0.690. The molecule has 0 amide bonds. The molecule has 1 atom stereocenters. The van der Waals surface area contributed by atoms with Gasteiger partial charge in [-0.25, -0.2) is 0 Å². The minimum Gasteiger partial charge on any atom is -0.361 e. The smallest absolute Gasteiger partial charge is 0.133 e. The molecular weight excluding hydrogens is 314 g/mol. The molecule has 2 N–H and O–H groups in total. The zero-order valence-electron chi connectivity index (χ0n) is 10.4. The SMILES string of the molecule is Cc1cc(CN(C)C(CN)c2cc(Br)cs2)no1. The van der Waals surface area contributed by atoms with Gasteiger partial charge in [-0.3, -0.25) is 4.90 Å². The van der Waals surface area contributed by atoms with Gasteiger partial charge < -0.3 is 10.3 Å². The van der Waals surface area contributed by atoms with E-state index >= 15 is 0 Å². The van der Waals surface area contributed by atoms with Crippen LogP contribution in [0.15, 0.2) is 26.5 Å². The number of aryl methyl sites for hydroxylation is 1. The highest BCUT2D eigenvalue weighted by atomic mass is 79.9. The van der Waals surface area contributed by atoms with Gasteiger partial charge in [0.2, 0.25) is 0 Å². The van der Waals surface area contributed by atoms with E-state index in [0.29, 0.717) is 6.54 Å². The molecule has 0 saturated carbocycles. The summed E-state index contributed by atoms with van der Waals surface area (Å²) in [6.07, 6.45) is 0. The topological polar surface area (TPSA) is 55.3 Å². The molecule has 0 saturated heterocycles. The van der Waals surface area contributed by atoms with Gasteiger partial charge in [-0.15, -0.1) is 11.3 Å². The van der Waals surface area contributed by atoms with Gasteiger partial charge in [0.25, 0.3) is 0 Å². The molecule has 2 heterocycles. The molecule has 2 rings (SSSR count). The third-order valence-corrected chi connectivity index (χ3v) is 4.55. The third kappa shape index (κ3) is 3.20. The molecule has 2 aromatic heterocycles. The van der Waals surface area contributed by atoms with E-state index in [9.17, 15) is 0 Å². The fourth-order valence-corrected chi connectivity index (χ4v) is 3.50. The number of thiophene rings is 1. The molecule has 0 radical (unpaired) electrons. The van der Waals surface area contributed by atoms with E-state index in [-0.39, 0.29) is 6.04 Å². The molecule has 0 bridgehead atoms. The first kappa shape index (κ1) is 13.7. The maximum absolute atomic E-state index is 5.88. The largest absolute Gasteiger partial charge is 0.361 e. The van der Waals surface area contributed by atoms with Crippen LogP contribution in [-0.4, -0.2) is 23.6 Å². The Morgan fingerprint density at radius 3 is 2.83 bits per heavy atom. The number of hydrogen-bond donors (Lipinski definition) is 1. The fourth-order valence-electron chi connectivity index (χ4n) is 1.87. The Morgan fingerprint density at radius 2 is 2.33 bits per heavy atom. The Bertz CT molecular complexity index is 511. The molecule has 0 aromatic carbocycles. The number of nitrogens with zero attached hydrogens (tertiary/aromatic N) is 2. The van der Waals surface area contributed by atoms with Crippen molar-refractivity contribution in [2.45, 2.75) is 19.5 Å². The van der Waals surface area contributed by atoms with Crippen LogP contribution in [0.2, 0.25) is 0 Å². The molecule has 98 valence electrons. The Kier molecular flexibility index (Phi) is 4.55. The van der Waals surface area contributed by atoms with Crippen molar-refractivity contribution in [2.75, 3.05) is 13.6 Å². The quantitative estimate of drug-likeness (QED) is 0.916. The Balaban J connectivity index is 2.08. The predicted octanol–water partition coefficient (Wildman–Crippen LogP) is 2.94. The summed E-state index contributed by atoms with van der Waals surface area (Å²) in [5.41, 5.74) is 6.81. The van der Waals surface area contributed by atoms with Crippen LogP contribution in [0.25, 0.3) is 0 Å². The van der Waals surface area contributed by atoms with Gasteiger partial charge >= 0.3 is 0 Å². The highest BCUT2D eigenvalue weighted by Gasteiger charge is 2.18. The first-order valence-electron chi connectivity index (χ1n) is 5.66. The highest BCUT2D eigenvalue weighted by molar-refractivity contribution is 9.10. The van der Waals surface area contributed by atoms with E-state index in [0.717, 1.165) is 22.5 Å². The molecule has 0 spiro atoms. The van der Waals surface area contributed by atoms with Gasteiger partial charge in [0, 0.05) is 33.9 Å². The lowest BCUT2D eigenvalue weighted by molar-refractivity contribution is 0.237. The zero-order chi connectivity index (χ0) is 13.1. The molecule has 0 aliphatic rings. The molecule has 0 aliphatic carbocycles. The minimum absolute atomic E-state index is 0.207. The summed E-state index contributed by atoms with van der Waals surface area (Å²) < 4.78 is 6.18. The first-order chi connectivity index (χ1) is 8.60. The summed E-state index contributed by atoms with van der Waals surface area (Å²) in [7, 11) is 2.05. The second-order valence-electron chi connectivity index (χ2n) is 4.26. The van der Waals surface area contributed by atoms with Crippen LogP contribution in [0.1, 0.15) is 22.4 Å². The number of halogens is 1. The van der Waals surface area contributed by atoms with Crippen molar-refractivity contribution in [3.8, 4) is 0 Å². The van der Waals surface area contributed by atoms with Crippen LogP contribution in [0.4, 0.5) is 0 Å². The minimum atomic E-state index is 0.207. The standard InChI is InChI=1S/C12H16BrN3OS/c1-8-3-10(15-17-8)6-16(2)11(5-14)12-4-9(13)7-18-12/h3-4,7,11H,5-6,14H2,1-2H3. The maximum Gasteiger partial charge on any atom is 0.133 e. The number of aromatic nitrogens is 1. The summed E-state index contributed by atoms with van der Waals surface area (Å²) in [6.45, 7) is 3.21. The van der Waals surface area contributed by atoms with Crippen molar-refractivity contribution in [3.63, 3.8) is 0 Å². The van der Waals surface area contributed by atoms with Crippen molar-refractivity contribution in [3.05, 3.63) is 38.3 Å². The fraction of sp³-hybridized carbons (Fsp3) is 0.417. The predicted molar refractivity (Wildman–Crippen MR) is 76.5 cm³/mol. The molecule has 2 aromatic rings. The van der Waals surface area contributed by atoms with Gasteiger partial charge in [-0.05, 0) is 36.0 Å². The van der Waals surface area contributed by atoms with E-state index in [1.165, 1.54) is 4.88 Å². The maximum atomic E-state index is 5.88. The summed E-state index contributed by atoms with van der Waals surface area (Å²) in [5, 5.41) is 6.08. The van der Waals surface area contributed by atoms with E-state index in [1.807, 2.05) is 13.0 Å². The lowest BCUT2D eigenvalue weighted by Gasteiger charge is -2.24. The molecular formula is C12H16BrN3OS. The monoisotopic (exact) mass is 329 g/mol. The lowest BCUT2D eigenvalue weighted by atomic mass is 10.2. The highest BCUT2D eigenvalue weighted by Crippen LogP contribution is 2.29. The summed E-state index contributed by atoms with van der Waals surface area (Å²) >= 11 is 5.19. The van der Waals surface area contributed by atoms with Crippen molar-refractivity contribution in [1.82, 2.24) is 10.1 Å². The molecule has 18 heavy (non-hydrogen) atoms. The Labute approximate surface area is 119 Å². The second-order valence-corrected chi connectivity index (χ2v) is 6.12. The van der Waals surface area contributed by atoms with Crippen LogP contribution in [0.5, 0.6) is 0 Å². The van der Waals surface area contributed by atoms with E-state index in [4.69, 9.17) is 10.3 Å². The lowest BCUT2D eigenvalue weighted by Crippen LogP contribution is -2.29. The van der Waals surface area contributed by atoms with Crippen molar-refractivity contribution in [1.29, 1.82) is 0 Å². The first-order valence-corrected chi connectivity index (χ1v) is 7.34. The molecule has 0 fully saturated rings. The molecule has 1 unspecified atom stereocenters. The summed E-state index contributed by atoms with van der Waals surface area (Å²) in [5.74, 6) is 0.835. The third-order valence-electron chi connectivity index (χ3n) is 2.76. The summed E-state index contributed by atoms with van der Waals surface area (Å²) in [4.78, 5) is 3.45. The number of rotatable bonds is 5. The number of likely N-dealkylation sites (N-methyl/N-ethyl adjacent to an activating group) is 1. The zero-order valence-corrected chi connectivity index (χ0v) is 12.8. The van der Waals surface area contributed by atoms with Crippen LogP contribution in [0, 0.1) is 6.92 Å². The van der Waals surface area contributed by atoms with Gasteiger partial charge in [0.15, 0.2) is 0 Å². The van der Waals surface area contributed by atoms with E-state index in [2.05, 4.69) is 44.5 Å². The average molecular weight is 330 g/mol. The van der Waals surface area contributed by atoms with E-state index in [1.54, 1.807) is 11.3 Å². The van der Waals surface area contributed by atoms with Crippen LogP contribution < -0.4 is 5.73 Å². The average Bonchev–Trinajstić information content (AvgIpc) is 2.89. The van der Waals surface area contributed by atoms with Gasteiger partial charge in [-0.1, -0.05) is 5.16 Å². The van der Waals surface area contributed by atoms with Gasteiger partial charge in [0.05, 0.1) is 11.7 Å². The van der Waals surface area contributed by atoms with Crippen molar-refractivity contribution < 1.29 is 4.52 Å². The molecule has 0 aliphatic heterocycles. The summed E-state index contributed by atoms with van der Waals surface area (Å²) in [6, 6.07) is 4.28. The van der Waals surface area contributed by atoms with Crippen LogP contribution >= 0.6 is 27.3 Å².